The summed E-state index contributed by atoms with van der Waals surface area (Å²) in [5.74, 6) is -2.25. The highest BCUT2D eigenvalue weighted by molar-refractivity contribution is 7.13. The second-order valence-corrected chi connectivity index (χ2v) is 11.4. The zero-order valence-electron chi connectivity index (χ0n) is 22.9. The van der Waals surface area contributed by atoms with Gasteiger partial charge in [0.2, 0.25) is 0 Å². The van der Waals surface area contributed by atoms with Gasteiger partial charge in [-0.2, -0.15) is 0 Å². The van der Waals surface area contributed by atoms with E-state index in [0.717, 1.165) is 23.6 Å². The molecular weight excluding hydrogens is 604 g/mol. The third-order valence-electron chi connectivity index (χ3n) is 7.10. The number of pyridine rings is 1. The van der Waals surface area contributed by atoms with E-state index in [0.29, 0.717) is 51.0 Å². The number of carbonyl (C=O) groups is 1. The van der Waals surface area contributed by atoms with Crippen LogP contribution in [0, 0.1) is 18.6 Å². The summed E-state index contributed by atoms with van der Waals surface area (Å²) in [7, 11) is 1.48. The van der Waals surface area contributed by atoms with Crippen molar-refractivity contribution in [2.24, 2.45) is 0 Å². The summed E-state index contributed by atoms with van der Waals surface area (Å²) in [5, 5.41) is 18.5. The number of ether oxygens (including phenoxy) is 3. The molecule has 2 aromatic carbocycles. The van der Waals surface area contributed by atoms with Crippen molar-refractivity contribution in [3.63, 3.8) is 0 Å². The number of carboxylic acids is 1. The Morgan fingerprint density at radius 2 is 2.00 bits per heavy atom. The molecule has 5 aromatic rings. The second kappa shape index (κ2) is 11.8. The average Bonchev–Trinajstić information content (AvgIpc) is 3.56. The normalized spacial score (nSPS) is 14.6. The largest absolute Gasteiger partial charge is 0.478 e. The Balaban J connectivity index is 1.30. The summed E-state index contributed by atoms with van der Waals surface area (Å²) in [5.41, 5.74) is 2.95. The summed E-state index contributed by atoms with van der Waals surface area (Å²) in [6.45, 7) is 2.87. The first kappa shape index (κ1) is 28.9. The molecule has 0 radical (unpaired) electrons. The second-order valence-electron chi connectivity index (χ2n) is 9.92. The third kappa shape index (κ3) is 5.88. The molecule has 1 aliphatic heterocycles. The number of imidazole rings is 1. The minimum atomic E-state index is -1.23. The molecule has 0 spiro atoms. The topological polar surface area (TPSA) is 121 Å². The molecule has 14 heteroatoms. The van der Waals surface area contributed by atoms with Crippen molar-refractivity contribution in [2.75, 3.05) is 13.7 Å². The zero-order chi connectivity index (χ0) is 30.2. The van der Waals surface area contributed by atoms with Gasteiger partial charge < -0.3 is 23.9 Å². The molecular formula is C29H24ClF2N5O5S. The Bertz CT molecular complexity index is 1860. The number of carboxylic acid groups (broad SMARTS) is 1. The maximum absolute atomic E-state index is 14.9. The molecule has 4 heterocycles. The molecule has 1 fully saturated rings. The lowest BCUT2D eigenvalue weighted by Crippen LogP contribution is -2.31. The van der Waals surface area contributed by atoms with Gasteiger partial charge in [-0.05, 0) is 54.8 Å². The van der Waals surface area contributed by atoms with Gasteiger partial charge in [-0.15, -0.1) is 5.10 Å². The number of aryl methyl sites for hydroxylation is 1. The average molecular weight is 628 g/mol. The minimum Gasteiger partial charge on any atom is -0.478 e. The van der Waals surface area contributed by atoms with Gasteiger partial charge in [-0.1, -0.05) is 34.1 Å². The van der Waals surface area contributed by atoms with Gasteiger partial charge in [-0.3, -0.25) is 0 Å². The molecule has 0 saturated carbocycles. The number of halogens is 3. The van der Waals surface area contributed by atoms with Crippen molar-refractivity contribution >= 4 is 39.9 Å². The Kier molecular flexibility index (Phi) is 7.95. The van der Waals surface area contributed by atoms with E-state index in [1.54, 1.807) is 10.6 Å². The molecule has 1 saturated heterocycles. The first-order chi connectivity index (χ1) is 20.7. The Hall–Kier alpha value is -4.20. The van der Waals surface area contributed by atoms with Gasteiger partial charge in [0, 0.05) is 23.6 Å². The monoisotopic (exact) mass is 627 g/mol. The van der Waals surface area contributed by atoms with Crippen LogP contribution in [0.4, 0.5) is 8.78 Å². The number of nitrogens with zero attached hydrogens (tertiary/aromatic N) is 5. The molecule has 0 bridgehead atoms. The van der Waals surface area contributed by atoms with Crippen LogP contribution < -0.4 is 9.47 Å². The van der Waals surface area contributed by atoms with Crippen molar-refractivity contribution in [2.45, 2.75) is 39.0 Å². The molecule has 0 amide bonds. The van der Waals surface area contributed by atoms with Crippen LogP contribution in [0.1, 0.15) is 38.7 Å². The number of hydrogen-bond acceptors (Lipinski definition) is 9. The maximum atomic E-state index is 14.9. The third-order valence-corrected chi connectivity index (χ3v) is 8.31. The van der Waals surface area contributed by atoms with Gasteiger partial charge in [0.25, 0.3) is 11.1 Å². The van der Waals surface area contributed by atoms with Crippen LogP contribution in [0.5, 0.6) is 11.1 Å². The molecule has 43 heavy (non-hydrogen) atoms. The molecule has 0 aliphatic carbocycles. The van der Waals surface area contributed by atoms with Gasteiger partial charge >= 0.3 is 5.97 Å². The fourth-order valence-corrected chi connectivity index (χ4v) is 5.63. The first-order valence-electron chi connectivity index (χ1n) is 13.2. The number of hydrogen-bond donors (Lipinski definition) is 1. The van der Waals surface area contributed by atoms with Crippen LogP contribution in [-0.4, -0.2) is 55.6 Å². The van der Waals surface area contributed by atoms with Crippen LogP contribution in [0.3, 0.4) is 0 Å². The van der Waals surface area contributed by atoms with Crippen molar-refractivity contribution in [1.82, 2.24) is 24.7 Å². The molecule has 6 rings (SSSR count). The molecule has 3 aromatic heterocycles. The van der Waals surface area contributed by atoms with Gasteiger partial charge in [0.05, 0.1) is 36.5 Å². The molecule has 1 atom stereocenters. The minimum absolute atomic E-state index is 0.0332. The number of methoxy groups -OCH3 is 1. The van der Waals surface area contributed by atoms with Crippen LogP contribution >= 0.6 is 22.9 Å². The van der Waals surface area contributed by atoms with Crippen molar-refractivity contribution < 1.29 is 32.9 Å². The number of benzene rings is 2. The lowest BCUT2D eigenvalue weighted by atomic mass is 10.00. The molecule has 1 unspecified atom stereocenters. The zero-order valence-corrected chi connectivity index (χ0v) is 24.5. The highest BCUT2D eigenvalue weighted by Gasteiger charge is 2.25. The predicted octanol–water partition coefficient (Wildman–Crippen LogP) is 5.86. The van der Waals surface area contributed by atoms with Gasteiger partial charge in [-0.25, -0.2) is 23.5 Å². The van der Waals surface area contributed by atoms with Crippen molar-refractivity contribution in [1.29, 1.82) is 0 Å². The summed E-state index contributed by atoms with van der Waals surface area (Å²) < 4.78 is 47.5. The summed E-state index contributed by atoms with van der Waals surface area (Å²) >= 11 is 7.93. The fraction of sp³-hybridized carbons (Fsp3) is 0.276. The van der Waals surface area contributed by atoms with Gasteiger partial charge in [0.1, 0.15) is 17.9 Å². The standard InChI is InChI=1S/C29H24ClF2N5O5S/c1-14-7-15(10-24-34-26-21(32)8-16(28(38)39)9-23(26)37(24)12-17-5-6-41-17)19(30)11-18(14)22-4-3-20(31)27(33-22)42-13-25-35-36-29(40-2)43-25/h3-4,7-9,11,17H,5-6,10,12-13H2,1-2H3,(H,38,39). The fourth-order valence-electron chi connectivity index (χ4n) is 4.83. The highest BCUT2D eigenvalue weighted by Crippen LogP contribution is 2.33. The van der Waals surface area contributed by atoms with Gasteiger partial charge in [0.15, 0.2) is 16.6 Å². The summed E-state index contributed by atoms with van der Waals surface area (Å²) in [6.07, 6.45) is 1.00. The van der Waals surface area contributed by atoms with E-state index in [4.69, 9.17) is 25.8 Å². The van der Waals surface area contributed by atoms with E-state index in [1.807, 2.05) is 13.0 Å². The van der Waals surface area contributed by atoms with E-state index in [9.17, 15) is 18.7 Å². The van der Waals surface area contributed by atoms with Crippen molar-refractivity contribution in [3.05, 3.63) is 80.6 Å². The lowest BCUT2D eigenvalue weighted by molar-refractivity contribution is -0.0589. The number of rotatable bonds is 10. The Morgan fingerprint density at radius 1 is 1.19 bits per heavy atom. The number of fused-ring (bicyclic) bond motifs is 1. The lowest BCUT2D eigenvalue weighted by Gasteiger charge is -2.27. The molecule has 10 nitrogen and oxygen atoms in total. The number of aromatic nitrogens is 5. The van der Waals surface area contributed by atoms with Crippen LogP contribution in [-0.2, 0) is 24.3 Å². The smallest absolute Gasteiger partial charge is 0.335 e. The Labute approximate surface area is 252 Å². The van der Waals surface area contributed by atoms with Crippen LogP contribution in [0.25, 0.3) is 22.3 Å². The van der Waals surface area contributed by atoms with Crippen LogP contribution in [0.15, 0.2) is 36.4 Å². The van der Waals surface area contributed by atoms with Crippen molar-refractivity contribution in [3.8, 4) is 22.3 Å². The quantitative estimate of drug-likeness (QED) is 0.203. The number of aromatic carboxylic acids is 1. The molecule has 222 valence electrons. The van der Waals surface area contributed by atoms with E-state index >= 15 is 0 Å². The summed E-state index contributed by atoms with van der Waals surface area (Å²) in [4.78, 5) is 20.5. The predicted molar refractivity (Wildman–Crippen MR) is 154 cm³/mol. The van der Waals surface area contributed by atoms with E-state index in [2.05, 4.69) is 20.2 Å². The first-order valence-corrected chi connectivity index (χ1v) is 14.4. The maximum Gasteiger partial charge on any atom is 0.335 e. The Morgan fingerprint density at radius 3 is 2.70 bits per heavy atom. The van der Waals surface area contributed by atoms with E-state index < -0.39 is 17.6 Å². The van der Waals surface area contributed by atoms with E-state index in [-0.39, 0.29) is 36.1 Å². The molecule has 1 aliphatic rings. The SMILES string of the molecule is COc1nnc(COc2nc(-c3cc(Cl)c(Cc4nc5c(F)cc(C(=O)O)cc5n4CC4CCO4)cc3C)ccc2F)s1. The molecule has 1 N–H and O–H groups in total. The van der Waals surface area contributed by atoms with Crippen LogP contribution in [0.2, 0.25) is 5.02 Å². The highest BCUT2D eigenvalue weighted by atomic mass is 35.5. The summed E-state index contributed by atoms with van der Waals surface area (Å²) in [6, 6.07) is 8.80. The van der Waals surface area contributed by atoms with E-state index in [1.165, 1.54) is 36.6 Å².